The summed E-state index contributed by atoms with van der Waals surface area (Å²) in [5.74, 6) is 2.75. The Morgan fingerprint density at radius 3 is 3.18 bits per heavy atom. The topological polar surface area (TPSA) is 96.9 Å². The van der Waals surface area contributed by atoms with Crippen LogP contribution in [0.3, 0.4) is 0 Å². The Morgan fingerprint density at radius 2 is 2.41 bits per heavy atom. The average Bonchev–Trinajstić information content (AvgIpc) is 3.07. The van der Waals surface area contributed by atoms with Crippen LogP contribution in [0.5, 0.6) is 0 Å². The van der Waals surface area contributed by atoms with Crippen molar-refractivity contribution in [3.8, 4) is 17.6 Å². The van der Waals surface area contributed by atoms with Gasteiger partial charge in [-0.05, 0) is 25.6 Å². The van der Waals surface area contributed by atoms with Gasteiger partial charge >= 0.3 is 0 Å². The molecule has 1 atom stereocenters. The Bertz CT molecular complexity index is 670. The van der Waals surface area contributed by atoms with E-state index in [-0.39, 0.29) is 12.8 Å². The number of hydrogen-bond donors (Lipinski definition) is 1. The first-order chi connectivity index (χ1) is 10.8. The molecule has 0 bridgehead atoms. The molecule has 3 heterocycles. The Kier molecular flexibility index (Phi) is 4.35. The number of oxazole rings is 1. The van der Waals surface area contributed by atoms with Gasteiger partial charge in [-0.15, -0.1) is 5.10 Å². The molecule has 7 nitrogen and oxygen atoms in total. The van der Waals surface area contributed by atoms with Gasteiger partial charge in [0, 0.05) is 19.1 Å². The van der Waals surface area contributed by atoms with E-state index in [4.69, 9.17) is 14.4 Å². The van der Waals surface area contributed by atoms with E-state index < -0.39 is 0 Å². The maximum atomic E-state index is 9.03. The van der Waals surface area contributed by atoms with E-state index in [0.717, 1.165) is 24.0 Å². The van der Waals surface area contributed by atoms with Crippen LogP contribution in [-0.4, -0.2) is 41.1 Å². The number of rotatable bonds is 4. The van der Waals surface area contributed by atoms with E-state index in [2.05, 4.69) is 26.5 Å². The van der Waals surface area contributed by atoms with E-state index in [1.807, 2.05) is 13.0 Å². The van der Waals surface area contributed by atoms with E-state index in [0.29, 0.717) is 24.7 Å². The summed E-state index contributed by atoms with van der Waals surface area (Å²) in [5, 5.41) is 20.6. The van der Waals surface area contributed by atoms with Crippen LogP contribution >= 0.6 is 0 Å². The number of nitrogens with zero attached hydrogens (tertiary/aromatic N) is 4. The highest BCUT2D eigenvalue weighted by Crippen LogP contribution is 2.25. The van der Waals surface area contributed by atoms with Crippen LogP contribution in [0.15, 0.2) is 22.9 Å². The number of nitrogens with one attached hydrogen (secondary N) is 1. The first-order valence-corrected chi connectivity index (χ1v) is 7.25. The van der Waals surface area contributed by atoms with Crippen molar-refractivity contribution < 1.29 is 9.15 Å². The SMILES string of the molecule is Cc1cc(NCC2CB(C#N)CCO2)c(-c2ncco2)nn1. The fourth-order valence-corrected chi connectivity index (χ4v) is 2.49. The molecular weight excluding hydrogens is 281 g/mol. The predicted octanol–water partition coefficient (Wildman–Crippen LogP) is 1.81. The summed E-state index contributed by atoms with van der Waals surface area (Å²) < 4.78 is 11.0. The zero-order valence-corrected chi connectivity index (χ0v) is 12.3. The minimum Gasteiger partial charge on any atom is -0.443 e. The van der Waals surface area contributed by atoms with E-state index in [1.54, 1.807) is 6.20 Å². The molecule has 2 aromatic rings. The van der Waals surface area contributed by atoms with Crippen LogP contribution in [0.4, 0.5) is 5.69 Å². The highest BCUT2D eigenvalue weighted by Gasteiger charge is 2.26. The summed E-state index contributed by atoms with van der Waals surface area (Å²) in [6.07, 6.45) is 4.65. The molecule has 1 unspecified atom stereocenters. The molecule has 0 amide bonds. The third kappa shape index (κ3) is 3.26. The Labute approximate surface area is 128 Å². The van der Waals surface area contributed by atoms with Gasteiger partial charge in [-0.2, -0.15) is 5.10 Å². The van der Waals surface area contributed by atoms with Gasteiger partial charge < -0.3 is 14.5 Å². The summed E-state index contributed by atoms with van der Waals surface area (Å²) in [6.45, 7) is 3.19. The second-order valence-electron chi connectivity index (χ2n) is 5.31. The number of anilines is 1. The van der Waals surface area contributed by atoms with Crippen LogP contribution in [0.25, 0.3) is 11.6 Å². The van der Waals surface area contributed by atoms with Gasteiger partial charge in [0.25, 0.3) is 6.71 Å². The summed E-state index contributed by atoms with van der Waals surface area (Å²) >= 11 is 0. The third-order valence-corrected chi connectivity index (χ3v) is 3.62. The summed E-state index contributed by atoms with van der Waals surface area (Å²) in [4.78, 5) is 4.11. The summed E-state index contributed by atoms with van der Waals surface area (Å²) in [6, 6.07) is 1.90. The van der Waals surface area contributed by atoms with Gasteiger partial charge in [0.05, 0.1) is 23.7 Å². The van der Waals surface area contributed by atoms with Crippen LogP contribution in [-0.2, 0) is 4.74 Å². The van der Waals surface area contributed by atoms with Gasteiger partial charge in [-0.1, -0.05) is 0 Å². The maximum Gasteiger partial charge on any atom is 0.272 e. The van der Waals surface area contributed by atoms with Gasteiger partial charge in [0.1, 0.15) is 6.26 Å². The van der Waals surface area contributed by atoms with Crippen molar-refractivity contribution >= 4 is 12.4 Å². The second kappa shape index (κ2) is 6.58. The second-order valence-corrected chi connectivity index (χ2v) is 5.31. The maximum absolute atomic E-state index is 9.03. The molecule has 3 rings (SSSR count). The molecule has 112 valence electrons. The molecular formula is C14H16BN5O2. The molecule has 0 aromatic carbocycles. The molecule has 1 aliphatic rings. The molecule has 0 radical (unpaired) electrons. The Morgan fingerprint density at radius 1 is 1.50 bits per heavy atom. The van der Waals surface area contributed by atoms with Crippen molar-refractivity contribution in [2.45, 2.75) is 25.7 Å². The molecule has 8 heteroatoms. The largest absolute Gasteiger partial charge is 0.443 e. The van der Waals surface area contributed by atoms with Crippen molar-refractivity contribution in [2.24, 2.45) is 0 Å². The molecule has 2 aromatic heterocycles. The lowest BCUT2D eigenvalue weighted by Gasteiger charge is -2.25. The molecule has 0 aliphatic carbocycles. The lowest BCUT2D eigenvalue weighted by atomic mass is 9.45. The van der Waals surface area contributed by atoms with Gasteiger partial charge in [0.2, 0.25) is 5.89 Å². The predicted molar refractivity (Wildman–Crippen MR) is 81.5 cm³/mol. The lowest BCUT2D eigenvalue weighted by Crippen LogP contribution is -2.34. The molecule has 0 spiro atoms. The average molecular weight is 297 g/mol. The van der Waals surface area contributed by atoms with Gasteiger partial charge in [-0.3, -0.25) is 0 Å². The summed E-state index contributed by atoms with van der Waals surface area (Å²) in [7, 11) is 0. The standard InChI is InChI=1S/C14H16BN5O2/c1-10-6-12(13(20-19-10)14-17-3-5-22-14)18-8-11-7-15(9-16)2-4-21-11/h3,5-6,11H,2,4,7-8H2,1H3,(H,18,19). The smallest absolute Gasteiger partial charge is 0.272 e. The molecule has 1 fully saturated rings. The normalized spacial score (nSPS) is 18.0. The zero-order valence-electron chi connectivity index (χ0n) is 12.3. The molecule has 0 saturated carbocycles. The fraction of sp³-hybridized carbons (Fsp3) is 0.429. The van der Waals surface area contributed by atoms with Crippen molar-refractivity contribution in [1.82, 2.24) is 15.2 Å². The van der Waals surface area contributed by atoms with Crippen molar-refractivity contribution in [1.29, 1.82) is 5.26 Å². The van der Waals surface area contributed by atoms with Gasteiger partial charge in [0.15, 0.2) is 5.69 Å². The molecule has 1 N–H and O–H groups in total. The highest BCUT2D eigenvalue weighted by atomic mass is 16.5. The summed E-state index contributed by atoms with van der Waals surface area (Å²) in [5.41, 5.74) is 2.18. The number of aryl methyl sites for hydroxylation is 1. The van der Waals surface area contributed by atoms with E-state index in [9.17, 15) is 0 Å². The number of aromatic nitrogens is 3. The van der Waals surface area contributed by atoms with Crippen molar-refractivity contribution in [3.05, 3.63) is 24.2 Å². The monoisotopic (exact) mass is 297 g/mol. The Balaban J connectivity index is 1.72. The number of nitriles is 1. The molecule has 1 aliphatic heterocycles. The quantitative estimate of drug-likeness (QED) is 0.859. The number of ether oxygens (including phenoxy) is 1. The lowest BCUT2D eigenvalue weighted by molar-refractivity contribution is 0.0756. The molecule has 22 heavy (non-hydrogen) atoms. The molecule has 1 saturated heterocycles. The fourth-order valence-electron chi connectivity index (χ4n) is 2.49. The van der Waals surface area contributed by atoms with Crippen molar-refractivity contribution in [2.75, 3.05) is 18.5 Å². The first kappa shape index (κ1) is 14.5. The van der Waals surface area contributed by atoms with Gasteiger partial charge in [-0.25, -0.2) is 10.2 Å². The first-order valence-electron chi connectivity index (χ1n) is 7.25. The number of hydrogen-bond acceptors (Lipinski definition) is 7. The highest BCUT2D eigenvalue weighted by molar-refractivity contribution is 6.67. The third-order valence-electron chi connectivity index (χ3n) is 3.62. The minimum absolute atomic E-state index is 0.0179. The van der Waals surface area contributed by atoms with E-state index in [1.165, 1.54) is 6.26 Å². The van der Waals surface area contributed by atoms with Crippen LogP contribution in [0.2, 0.25) is 12.6 Å². The van der Waals surface area contributed by atoms with Crippen LogP contribution in [0.1, 0.15) is 5.69 Å². The van der Waals surface area contributed by atoms with Crippen molar-refractivity contribution in [3.63, 3.8) is 0 Å². The van der Waals surface area contributed by atoms with Crippen LogP contribution < -0.4 is 5.32 Å². The Hall–Kier alpha value is -2.40. The van der Waals surface area contributed by atoms with Crippen LogP contribution in [0, 0.1) is 18.2 Å². The minimum atomic E-state index is 0.0179. The van der Waals surface area contributed by atoms with E-state index >= 15 is 0 Å². The zero-order chi connectivity index (χ0) is 15.4.